The Morgan fingerprint density at radius 3 is 2.35 bits per heavy atom. The van der Waals surface area contributed by atoms with Crippen molar-refractivity contribution in [3.8, 4) is 22.8 Å². The molecule has 0 radical (unpaired) electrons. The molecule has 0 N–H and O–H groups in total. The molecule has 3 aromatic carbocycles. The Balaban J connectivity index is 1.72. The molecular weight excluding hydrogens is 454 g/mol. The van der Waals surface area contributed by atoms with E-state index in [4.69, 9.17) is 9.72 Å². The Morgan fingerprint density at radius 2 is 1.62 bits per heavy atom. The third-order valence-electron chi connectivity index (χ3n) is 7.40. The van der Waals surface area contributed by atoms with Gasteiger partial charge in [-0.2, -0.15) is 0 Å². The van der Waals surface area contributed by atoms with Crippen LogP contribution in [-0.4, -0.2) is 9.97 Å². The number of nitrogens with zero attached hydrogens (tertiary/aromatic N) is 3. The third-order valence-corrected chi connectivity index (χ3v) is 7.40. The molecule has 0 aliphatic carbocycles. The molecule has 0 amide bonds. The summed E-state index contributed by atoms with van der Waals surface area (Å²) >= 11 is 0. The van der Waals surface area contributed by atoms with Gasteiger partial charge in [0.25, 0.3) is 6.33 Å². The molecule has 0 saturated heterocycles. The van der Waals surface area contributed by atoms with Gasteiger partial charge >= 0.3 is 0 Å². The van der Waals surface area contributed by atoms with Gasteiger partial charge in [-0.3, -0.25) is 4.98 Å². The van der Waals surface area contributed by atoms with E-state index >= 15 is 0 Å². The second kappa shape index (κ2) is 7.98. The number of ether oxygens (including phenoxy) is 1. The quantitative estimate of drug-likeness (QED) is 0.182. The average Bonchev–Trinajstić information content (AvgIpc) is 2.81. The zero-order valence-electron chi connectivity index (χ0n) is 23.3. The van der Waals surface area contributed by atoms with E-state index in [9.17, 15) is 0 Å². The number of benzene rings is 3. The lowest BCUT2D eigenvalue weighted by Gasteiger charge is -2.28. The van der Waals surface area contributed by atoms with E-state index in [1.54, 1.807) is 0 Å². The van der Waals surface area contributed by atoms with Gasteiger partial charge in [0.05, 0.1) is 12.6 Å². The number of hydrogen-bond donors (Lipinski definition) is 0. The lowest BCUT2D eigenvalue weighted by molar-refractivity contribution is -0.662. The Hall–Kier alpha value is -3.53. The highest BCUT2D eigenvalue weighted by Gasteiger charge is 2.34. The first kappa shape index (κ1) is 23.8. The van der Waals surface area contributed by atoms with Crippen LogP contribution in [-0.2, 0) is 19.9 Å². The van der Waals surface area contributed by atoms with Gasteiger partial charge in [0.2, 0.25) is 0 Å². The van der Waals surface area contributed by atoms with E-state index in [2.05, 4.69) is 95.4 Å². The minimum absolute atomic E-state index is 0.0891. The first-order chi connectivity index (χ1) is 17.4. The number of rotatable bonds is 2. The first-order valence-electron chi connectivity index (χ1n) is 13.2. The van der Waals surface area contributed by atoms with Crippen LogP contribution in [0.25, 0.3) is 43.7 Å². The van der Waals surface area contributed by atoms with E-state index in [1.165, 1.54) is 44.1 Å². The van der Waals surface area contributed by atoms with Crippen LogP contribution in [0, 0.1) is 17.8 Å². The minimum Gasteiger partial charge on any atom is -0.455 e. The molecule has 4 nitrogen and oxygen atoms in total. The molecule has 0 unspecified atom stereocenters. The molecule has 6 rings (SSSR count). The zero-order valence-corrected chi connectivity index (χ0v) is 23.3. The Kier molecular flexibility index (Phi) is 5.14. The van der Waals surface area contributed by atoms with E-state index in [0.717, 1.165) is 40.6 Å². The van der Waals surface area contributed by atoms with Crippen molar-refractivity contribution in [2.24, 2.45) is 17.9 Å². The van der Waals surface area contributed by atoms with Crippen LogP contribution >= 0.6 is 0 Å². The van der Waals surface area contributed by atoms with Crippen molar-refractivity contribution in [3.63, 3.8) is 0 Å². The largest absolute Gasteiger partial charge is 0.455 e. The van der Waals surface area contributed by atoms with Gasteiger partial charge in [0.1, 0.15) is 11.1 Å². The van der Waals surface area contributed by atoms with Crippen LogP contribution in [0.3, 0.4) is 0 Å². The maximum Gasteiger partial charge on any atom is 0.287 e. The molecule has 0 fully saturated rings. The standard InChI is InChI=1S/C33H36N3O/c1-19-22-11-12-34-17-25(22)24(16-33(5,6)7)31-27(19)29-28-26(35-18-36(29)8)14-21-13-20(15-32(2,3)4)9-10-23(21)30(28)37-31/h9-14,17-18H,15-16H2,1-8H3/q+1. The summed E-state index contributed by atoms with van der Waals surface area (Å²) in [4.78, 5) is 9.37. The molecule has 5 aromatic rings. The van der Waals surface area contributed by atoms with Gasteiger partial charge in [-0.25, -0.2) is 4.57 Å². The molecule has 4 heteroatoms. The summed E-state index contributed by atoms with van der Waals surface area (Å²) in [6.45, 7) is 15.9. The van der Waals surface area contributed by atoms with E-state index < -0.39 is 0 Å². The SMILES string of the molecule is Cc1c2c(c(CC(C)(C)C)c3cnccc13)Oc1c3ccc(CC(C)(C)C)cc3cc3nc[n+](C)c-2c13. The average molecular weight is 491 g/mol. The molecule has 0 saturated carbocycles. The summed E-state index contributed by atoms with van der Waals surface area (Å²) in [5.41, 5.74) is 7.42. The highest BCUT2D eigenvalue weighted by molar-refractivity contribution is 6.12. The molecular formula is C33H36N3O+. The maximum atomic E-state index is 7.04. The number of pyridine rings is 1. The smallest absolute Gasteiger partial charge is 0.287 e. The van der Waals surface area contributed by atoms with Crippen molar-refractivity contribution in [2.45, 2.75) is 61.3 Å². The van der Waals surface area contributed by atoms with Crippen LogP contribution in [0.4, 0.5) is 0 Å². The molecule has 188 valence electrons. The molecule has 0 bridgehead atoms. The molecule has 1 aliphatic heterocycles. The Morgan fingerprint density at radius 1 is 0.865 bits per heavy atom. The van der Waals surface area contributed by atoms with E-state index in [0.29, 0.717) is 0 Å². The van der Waals surface area contributed by atoms with Crippen LogP contribution in [0.15, 0.2) is 49.1 Å². The normalized spacial score (nSPS) is 13.3. The second-order valence-corrected chi connectivity index (χ2v) is 13.2. The summed E-state index contributed by atoms with van der Waals surface area (Å²) in [5.74, 6) is 1.88. The van der Waals surface area contributed by atoms with E-state index in [1.807, 2.05) is 18.7 Å². The topological polar surface area (TPSA) is 38.9 Å². The highest BCUT2D eigenvalue weighted by atomic mass is 16.5. The van der Waals surface area contributed by atoms with Gasteiger partial charge in [-0.15, -0.1) is 0 Å². The van der Waals surface area contributed by atoms with Crippen molar-refractivity contribution in [1.29, 1.82) is 0 Å². The van der Waals surface area contributed by atoms with E-state index in [-0.39, 0.29) is 10.8 Å². The van der Waals surface area contributed by atoms with Crippen molar-refractivity contribution in [2.75, 3.05) is 0 Å². The molecule has 37 heavy (non-hydrogen) atoms. The predicted molar refractivity (Wildman–Crippen MR) is 152 cm³/mol. The van der Waals surface area contributed by atoms with Crippen LogP contribution in [0.1, 0.15) is 58.2 Å². The molecule has 0 spiro atoms. The lowest BCUT2D eigenvalue weighted by atomic mass is 9.82. The maximum absolute atomic E-state index is 7.04. The third kappa shape index (κ3) is 3.94. The minimum atomic E-state index is 0.0891. The second-order valence-electron chi connectivity index (χ2n) is 13.2. The van der Waals surface area contributed by atoms with Gasteiger partial charge in [-0.1, -0.05) is 59.7 Å². The fraction of sp³-hybridized carbons (Fsp3) is 0.364. The number of hydrogen-bond acceptors (Lipinski definition) is 3. The van der Waals surface area contributed by atoms with Crippen molar-refractivity contribution >= 4 is 32.4 Å². The summed E-state index contributed by atoms with van der Waals surface area (Å²) in [5, 5.41) is 5.81. The fourth-order valence-electron chi connectivity index (χ4n) is 6.00. The van der Waals surface area contributed by atoms with Crippen molar-refractivity contribution in [1.82, 2.24) is 9.97 Å². The number of aromatic nitrogens is 3. The van der Waals surface area contributed by atoms with Crippen molar-refractivity contribution < 1.29 is 9.30 Å². The summed E-state index contributed by atoms with van der Waals surface area (Å²) in [6.07, 6.45) is 7.76. The number of fused-ring (bicyclic) bond motifs is 5. The lowest BCUT2D eigenvalue weighted by Crippen LogP contribution is -2.33. The van der Waals surface area contributed by atoms with Gasteiger partial charge in [0.15, 0.2) is 17.0 Å². The molecule has 2 aromatic heterocycles. The highest BCUT2D eigenvalue weighted by Crippen LogP contribution is 2.53. The summed E-state index contributed by atoms with van der Waals surface area (Å²) in [7, 11) is 2.09. The zero-order chi connectivity index (χ0) is 26.3. The molecule has 3 heterocycles. The first-order valence-corrected chi connectivity index (χ1v) is 13.2. The van der Waals surface area contributed by atoms with Gasteiger partial charge in [-0.05, 0) is 69.6 Å². The number of aryl methyl sites for hydroxylation is 2. The molecule has 1 aliphatic rings. The fourth-order valence-corrected chi connectivity index (χ4v) is 6.00. The predicted octanol–water partition coefficient (Wildman–Crippen LogP) is 8.02. The molecule has 0 atom stereocenters. The Labute approximate surface area is 219 Å². The monoisotopic (exact) mass is 490 g/mol. The summed E-state index contributed by atoms with van der Waals surface area (Å²) in [6, 6.07) is 11.2. The van der Waals surface area contributed by atoms with Crippen LogP contribution in [0.5, 0.6) is 11.5 Å². The van der Waals surface area contributed by atoms with Gasteiger partial charge < -0.3 is 4.74 Å². The van der Waals surface area contributed by atoms with Crippen LogP contribution < -0.4 is 9.30 Å². The van der Waals surface area contributed by atoms with Crippen molar-refractivity contribution in [3.05, 3.63) is 65.7 Å². The van der Waals surface area contributed by atoms with Gasteiger partial charge in [0, 0.05) is 28.7 Å². The Bertz CT molecular complexity index is 1740. The summed E-state index contributed by atoms with van der Waals surface area (Å²) < 4.78 is 9.20. The van der Waals surface area contributed by atoms with Crippen LogP contribution in [0.2, 0.25) is 0 Å².